The second-order valence-electron chi connectivity index (χ2n) is 5.49. The predicted molar refractivity (Wildman–Crippen MR) is 105 cm³/mol. The van der Waals surface area contributed by atoms with E-state index >= 15 is 0 Å². The molecule has 1 aromatic carbocycles. The van der Waals surface area contributed by atoms with Crippen LogP contribution in [0.3, 0.4) is 0 Å². The number of carbonyl (C=O) groups is 1. The quantitative estimate of drug-likeness (QED) is 0.514. The molecule has 1 unspecified atom stereocenters. The van der Waals surface area contributed by atoms with Crippen LogP contribution in [0.5, 0.6) is 11.5 Å². The normalized spacial score (nSPS) is 11.9. The molecule has 1 amide bonds. The first-order valence-electron chi connectivity index (χ1n) is 7.99. The summed E-state index contributed by atoms with van der Waals surface area (Å²) in [5.41, 5.74) is 0.757. The smallest absolute Gasteiger partial charge is 0.263 e. The molecule has 1 heterocycles. The number of nitrogens with one attached hydrogen (secondary N) is 2. The second kappa shape index (κ2) is 9.59. The highest BCUT2D eigenvalue weighted by Gasteiger charge is 2.15. The van der Waals surface area contributed by atoms with E-state index in [1.807, 2.05) is 19.1 Å². The van der Waals surface area contributed by atoms with Gasteiger partial charge in [-0.3, -0.25) is 4.79 Å². The summed E-state index contributed by atoms with van der Waals surface area (Å²) >= 11 is 3.29. The van der Waals surface area contributed by atoms with Crippen molar-refractivity contribution in [2.24, 2.45) is 0 Å². The lowest BCUT2D eigenvalue weighted by Gasteiger charge is -2.16. The average molecular weight is 431 g/mol. The number of anilines is 1. The summed E-state index contributed by atoms with van der Waals surface area (Å²) in [6.45, 7) is 1.82. The third-order valence-corrected chi connectivity index (χ3v) is 4.18. The minimum atomic E-state index is -0.496. The van der Waals surface area contributed by atoms with Crippen LogP contribution in [-0.2, 0) is 4.79 Å². The molecule has 2 N–H and O–H groups in total. The van der Waals surface area contributed by atoms with Gasteiger partial charge in [-0.15, -0.1) is 0 Å². The van der Waals surface area contributed by atoms with Crippen LogP contribution >= 0.6 is 15.9 Å². The first-order valence-corrected chi connectivity index (χ1v) is 8.79. The Bertz CT molecular complexity index is 876. The number of ether oxygens (including phenoxy) is 2. The Hall–Kier alpha value is -3.05. The standard InChI is InChI=1S/C19H19BrN4O3/c1-12(13-4-6-16(26-2)17(8-13)27-3)24-19(25)14(9-21)10-22-18-7-5-15(20)11-23-18/h4-8,10-12H,1-3H3,(H,22,23)(H,24,25)/b14-10-. The lowest BCUT2D eigenvalue weighted by molar-refractivity contribution is -0.117. The van der Waals surface area contributed by atoms with Gasteiger partial charge in [-0.05, 0) is 52.7 Å². The number of amides is 1. The van der Waals surface area contributed by atoms with Crippen LogP contribution in [0.25, 0.3) is 0 Å². The van der Waals surface area contributed by atoms with Crippen molar-refractivity contribution in [3.63, 3.8) is 0 Å². The van der Waals surface area contributed by atoms with Gasteiger partial charge in [-0.1, -0.05) is 6.07 Å². The van der Waals surface area contributed by atoms with Crippen molar-refractivity contribution < 1.29 is 14.3 Å². The summed E-state index contributed by atoms with van der Waals surface area (Å²) in [6.07, 6.45) is 2.94. The number of carbonyl (C=O) groups excluding carboxylic acids is 1. The fraction of sp³-hybridized carbons (Fsp3) is 0.211. The number of benzene rings is 1. The highest BCUT2D eigenvalue weighted by atomic mass is 79.9. The molecule has 0 radical (unpaired) electrons. The zero-order chi connectivity index (χ0) is 19.8. The van der Waals surface area contributed by atoms with Gasteiger partial charge in [0.05, 0.1) is 20.3 Å². The number of hydrogen-bond acceptors (Lipinski definition) is 6. The summed E-state index contributed by atoms with van der Waals surface area (Å²) in [7, 11) is 3.10. The zero-order valence-corrected chi connectivity index (χ0v) is 16.7. The molecule has 7 nitrogen and oxygen atoms in total. The van der Waals surface area contributed by atoms with Crippen molar-refractivity contribution in [1.29, 1.82) is 5.26 Å². The van der Waals surface area contributed by atoms with E-state index in [4.69, 9.17) is 9.47 Å². The molecule has 1 aromatic heterocycles. The Labute approximate surface area is 166 Å². The van der Waals surface area contributed by atoms with Crippen molar-refractivity contribution in [3.8, 4) is 17.6 Å². The first-order chi connectivity index (χ1) is 13.0. The van der Waals surface area contributed by atoms with Crippen LogP contribution in [0.4, 0.5) is 5.82 Å². The van der Waals surface area contributed by atoms with E-state index in [0.717, 1.165) is 10.0 Å². The molecule has 0 saturated heterocycles. The maximum atomic E-state index is 12.4. The molecule has 0 spiro atoms. The van der Waals surface area contributed by atoms with Gasteiger partial charge in [0.15, 0.2) is 11.5 Å². The molecular formula is C19H19BrN4O3. The van der Waals surface area contributed by atoms with Crippen molar-refractivity contribution in [2.45, 2.75) is 13.0 Å². The van der Waals surface area contributed by atoms with Gasteiger partial charge in [0.1, 0.15) is 17.5 Å². The largest absolute Gasteiger partial charge is 0.493 e. The van der Waals surface area contributed by atoms with E-state index in [1.165, 1.54) is 6.20 Å². The molecule has 0 saturated carbocycles. The number of hydrogen-bond donors (Lipinski definition) is 2. The van der Waals surface area contributed by atoms with Crippen molar-refractivity contribution in [1.82, 2.24) is 10.3 Å². The lowest BCUT2D eigenvalue weighted by Crippen LogP contribution is -2.28. The van der Waals surface area contributed by atoms with E-state index in [0.29, 0.717) is 17.3 Å². The summed E-state index contributed by atoms with van der Waals surface area (Å²) in [4.78, 5) is 16.5. The first kappa shape index (κ1) is 20.3. The van der Waals surface area contributed by atoms with Gasteiger partial charge in [0.25, 0.3) is 5.91 Å². The number of methoxy groups -OCH3 is 2. The second-order valence-corrected chi connectivity index (χ2v) is 6.40. The third-order valence-electron chi connectivity index (χ3n) is 3.71. The third kappa shape index (κ3) is 5.46. The Morgan fingerprint density at radius 3 is 2.59 bits per heavy atom. The van der Waals surface area contributed by atoms with Gasteiger partial charge in [0.2, 0.25) is 0 Å². The van der Waals surface area contributed by atoms with Gasteiger partial charge in [-0.25, -0.2) is 4.98 Å². The molecule has 1 atom stereocenters. The van der Waals surface area contributed by atoms with Gasteiger partial charge < -0.3 is 20.1 Å². The molecule has 27 heavy (non-hydrogen) atoms. The topological polar surface area (TPSA) is 96.3 Å². The van der Waals surface area contributed by atoms with Crippen LogP contribution in [0.15, 0.2) is 52.8 Å². The molecule has 2 rings (SSSR count). The predicted octanol–water partition coefficient (Wildman–Crippen LogP) is 3.56. The number of halogens is 1. The molecule has 0 bridgehead atoms. The fourth-order valence-corrected chi connectivity index (χ4v) is 2.47. The maximum Gasteiger partial charge on any atom is 0.263 e. The number of nitrogens with zero attached hydrogens (tertiary/aromatic N) is 2. The molecule has 0 aliphatic rings. The van der Waals surface area contributed by atoms with E-state index in [1.54, 1.807) is 44.7 Å². The maximum absolute atomic E-state index is 12.4. The molecule has 2 aromatic rings. The summed E-state index contributed by atoms with van der Waals surface area (Å²) in [5.74, 6) is 1.19. The monoisotopic (exact) mass is 430 g/mol. The number of rotatable bonds is 7. The number of nitriles is 1. The number of aromatic nitrogens is 1. The Morgan fingerprint density at radius 2 is 2.00 bits per heavy atom. The Balaban J connectivity index is 2.08. The molecule has 0 fully saturated rings. The summed E-state index contributed by atoms with van der Waals surface area (Å²) in [5, 5.41) is 14.9. The van der Waals surface area contributed by atoms with Gasteiger partial charge >= 0.3 is 0 Å². The van der Waals surface area contributed by atoms with E-state index in [9.17, 15) is 10.1 Å². The Morgan fingerprint density at radius 1 is 1.26 bits per heavy atom. The van der Waals surface area contributed by atoms with Gasteiger partial charge in [-0.2, -0.15) is 5.26 Å². The van der Waals surface area contributed by atoms with Crippen LogP contribution in [-0.4, -0.2) is 25.1 Å². The lowest BCUT2D eigenvalue weighted by atomic mass is 10.1. The van der Waals surface area contributed by atoms with E-state index < -0.39 is 5.91 Å². The van der Waals surface area contributed by atoms with Crippen molar-refractivity contribution in [2.75, 3.05) is 19.5 Å². The van der Waals surface area contributed by atoms with Crippen LogP contribution < -0.4 is 20.1 Å². The summed E-state index contributed by atoms with van der Waals surface area (Å²) < 4.78 is 11.3. The molecular weight excluding hydrogens is 412 g/mol. The molecule has 140 valence electrons. The van der Waals surface area contributed by atoms with Crippen molar-refractivity contribution >= 4 is 27.7 Å². The van der Waals surface area contributed by atoms with Gasteiger partial charge in [0, 0.05) is 16.9 Å². The molecule has 0 aliphatic heterocycles. The minimum Gasteiger partial charge on any atom is -0.493 e. The Kier molecular flexibility index (Phi) is 7.20. The van der Waals surface area contributed by atoms with Crippen LogP contribution in [0, 0.1) is 11.3 Å². The average Bonchev–Trinajstić information content (AvgIpc) is 2.69. The highest BCUT2D eigenvalue weighted by Crippen LogP contribution is 2.29. The fourth-order valence-electron chi connectivity index (χ4n) is 2.24. The summed E-state index contributed by atoms with van der Waals surface area (Å²) in [6, 6.07) is 10.4. The highest BCUT2D eigenvalue weighted by molar-refractivity contribution is 9.10. The van der Waals surface area contributed by atoms with Crippen LogP contribution in [0.2, 0.25) is 0 Å². The van der Waals surface area contributed by atoms with Crippen LogP contribution in [0.1, 0.15) is 18.5 Å². The minimum absolute atomic E-state index is 0.0629. The van der Waals surface area contributed by atoms with E-state index in [2.05, 4.69) is 31.5 Å². The number of pyridine rings is 1. The molecule has 0 aliphatic carbocycles. The van der Waals surface area contributed by atoms with Crippen molar-refractivity contribution in [3.05, 3.63) is 58.3 Å². The zero-order valence-electron chi connectivity index (χ0n) is 15.1. The van der Waals surface area contributed by atoms with E-state index in [-0.39, 0.29) is 11.6 Å². The molecule has 8 heteroatoms. The SMILES string of the molecule is COc1ccc(C(C)NC(=O)/C(C#N)=C\Nc2ccc(Br)cn2)cc1OC.